The van der Waals surface area contributed by atoms with Crippen molar-refractivity contribution in [2.24, 2.45) is 5.73 Å². The van der Waals surface area contributed by atoms with Gasteiger partial charge in [-0.2, -0.15) is 0 Å². The summed E-state index contributed by atoms with van der Waals surface area (Å²) in [5.41, 5.74) is 4.88. The van der Waals surface area contributed by atoms with E-state index in [0.29, 0.717) is 13.1 Å². The molecule has 0 saturated heterocycles. The standard InChI is InChI=1S/C9H20N2O2.C2H6/c1-9(2,3)13-8(12)11-7-5-4-6-10;1-2/h4-7,10H2,1-3H3,(H,11,12);1-2H3. The molecule has 0 rings (SSSR count). The van der Waals surface area contributed by atoms with Gasteiger partial charge < -0.3 is 15.8 Å². The van der Waals surface area contributed by atoms with Gasteiger partial charge in [-0.05, 0) is 40.2 Å². The van der Waals surface area contributed by atoms with Crippen LogP contribution in [0.15, 0.2) is 0 Å². The Hall–Kier alpha value is -0.770. The number of alkyl carbamates (subject to hydrolysis) is 1. The van der Waals surface area contributed by atoms with E-state index < -0.39 is 5.60 Å². The van der Waals surface area contributed by atoms with E-state index in [9.17, 15) is 4.79 Å². The zero-order valence-electron chi connectivity index (χ0n) is 10.7. The van der Waals surface area contributed by atoms with Crippen LogP contribution in [0.4, 0.5) is 4.79 Å². The van der Waals surface area contributed by atoms with Crippen molar-refractivity contribution in [1.29, 1.82) is 0 Å². The molecular weight excluding hydrogens is 192 g/mol. The van der Waals surface area contributed by atoms with Gasteiger partial charge in [0.15, 0.2) is 0 Å². The molecule has 0 aliphatic carbocycles. The summed E-state index contributed by atoms with van der Waals surface area (Å²) in [6.45, 7) is 10.8. The van der Waals surface area contributed by atoms with Gasteiger partial charge >= 0.3 is 6.09 Å². The fraction of sp³-hybridized carbons (Fsp3) is 0.909. The van der Waals surface area contributed by atoms with Crippen LogP contribution in [0, 0.1) is 0 Å². The Bertz CT molecular complexity index is 153. The Morgan fingerprint density at radius 3 is 2.20 bits per heavy atom. The molecule has 0 aliphatic heterocycles. The molecule has 0 radical (unpaired) electrons. The minimum atomic E-state index is -0.419. The third-order valence-corrected chi connectivity index (χ3v) is 1.30. The topological polar surface area (TPSA) is 64.3 Å². The maximum absolute atomic E-state index is 11.1. The number of carbonyl (C=O) groups excluding carboxylic acids is 1. The van der Waals surface area contributed by atoms with Crippen molar-refractivity contribution < 1.29 is 9.53 Å². The molecule has 0 saturated carbocycles. The van der Waals surface area contributed by atoms with Crippen LogP contribution < -0.4 is 11.1 Å². The summed E-state index contributed by atoms with van der Waals surface area (Å²) in [5.74, 6) is 0. The number of hydrogen-bond donors (Lipinski definition) is 2. The van der Waals surface area contributed by atoms with E-state index >= 15 is 0 Å². The zero-order chi connectivity index (χ0) is 12.3. The third kappa shape index (κ3) is 15.9. The summed E-state index contributed by atoms with van der Waals surface area (Å²) < 4.78 is 5.04. The van der Waals surface area contributed by atoms with Crippen molar-refractivity contribution in [3.63, 3.8) is 0 Å². The second kappa shape index (κ2) is 9.77. The molecule has 0 heterocycles. The molecule has 0 fully saturated rings. The number of hydrogen-bond acceptors (Lipinski definition) is 3. The average molecular weight is 218 g/mol. The highest BCUT2D eigenvalue weighted by Gasteiger charge is 2.15. The van der Waals surface area contributed by atoms with Crippen molar-refractivity contribution in [2.75, 3.05) is 13.1 Å². The van der Waals surface area contributed by atoms with Gasteiger partial charge in [-0.1, -0.05) is 13.8 Å². The molecule has 0 unspecified atom stereocenters. The average Bonchev–Trinajstić information content (AvgIpc) is 2.13. The highest BCUT2D eigenvalue weighted by atomic mass is 16.6. The first-order valence-electron chi connectivity index (χ1n) is 5.62. The Morgan fingerprint density at radius 2 is 1.80 bits per heavy atom. The largest absolute Gasteiger partial charge is 0.444 e. The van der Waals surface area contributed by atoms with Crippen molar-refractivity contribution in [3.05, 3.63) is 0 Å². The SMILES string of the molecule is CC.CC(C)(C)OC(=O)NCCCCN. The normalized spacial score (nSPS) is 10.0. The second-order valence-electron chi connectivity index (χ2n) is 3.92. The number of carbonyl (C=O) groups is 1. The van der Waals surface area contributed by atoms with Gasteiger partial charge in [-0.3, -0.25) is 0 Å². The van der Waals surface area contributed by atoms with E-state index in [-0.39, 0.29) is 6.09 Å². The van der Waals surface area contributed by atoms with Crippen LogP contribution in [0.5, 0.6) is 0 Å². The molecule has 15 heavy (non-hydrogen) atoms. The molecule has 0 bridgehead atoms. The molecule has 0 aliphatic rings. The maximum Gasteiger partial charge on any atom is 0.407 e. The molecule has 0 atom stereocenters. The number of ether oxygens (including phenoxy) is 1. The van der Waals surface area contributed by atoms with Crippen molar-refractivity contribution in [2.45, 2.75) is 53.1 Å². The minimum absolute atomic E-state index is 0.357. The van der Waals surface area contributed by atoms with E-state index in [1.165, 1.54) is 0 Å². The van der Waals surface area contributed by atoms with Crippen LogP contribution in [-0.2, 0) is 4.74 Å². The van der Waals surface area contributed by atoms with Gasteiger partial charge in [-0.15, -0.1) is 0 Å². The molecule has 0 aromatic rings. The molecule has 4 nitrogen and oxygen atoms in total. The van der Waals surface area contributed by atoms with Crippen molar-refractivity contribution in [3.8, 4) is 0 Å². The fourth-order valence-corrected chi connectivity index (χ4v) is 0.774. The van der Waals surface area contributed by atoms with Gasteiger partial charge in [0.05, 0.1) is 0 Å². The van der Waals surface area contributed by atoms with Gasteiger partial charge in [-0.25, -0.2) is 4.79 Å². The highest BCUT2D eigenvalue weighted by molar-refractivity contribution is 5.67. The van der Waals surface area contributed by atoms with Gasteiger partial charge in [0, 0.05) is 6.54 Å². The molecule has 92 valence electrons. The van der Waals surface area contributed by atoms with Gasteiger partial charge in [0.25, 0.3) is 0 Å². The van der Waals surface area contributed by atoms with Crippen LogP contribution in [-0.4, -0.2) is 24.8 Å². The molecule has 3 N–H and O–H groups in total. The minimum Gasteiger partial charge on any atom is -0.444 e. The molecular formula is C11H26N2O2. The van der Waals surface area contributed by atoms with Crippen LogP contribution in [0.2, 0.25) is 0 Å². The van der Waals surface area contributed by atoms with E-state index in [1.54, 1.807) is 0 Å². The lowest BCUT2D eigenvalue weighted by Gasteiger charge is -2.19. The summed E-state index contributed by atoms with van der Waals surface area (Å²) in [4.78, 5) is 11.1. The van der Waals surface area contributed by atoms with Crippen molar-refractivity contribution in [1.82, 2.24) is 5.32 Å². The van der Waals surface area contributed by atoms with Crippen LogP contribution in [0.3, 0.4) is 0 Å². The van der Waals surface area contributed by atoms with E-state index in [0.717, 1.165) is 12.8 Å². The van der Waals surface area contributed by atoms with Crippen LogP contribution >= 0.6 is 0 Å². The number of rotatable bonds is 4. The van der Waals surface area contributed by atoms with Gasteiger partial charge in [0.1, 0.15) is 5.60 Å². The predicted molar refractivity (Wildman–Crippen MR) is 63.9 cm³/mol. The Balaban J connectivity index is 0. The molecule has 0 aromatic carbocycles. The molecule has 0 spiro atoms. The summed E-state index contributed by atoms with van der Waals surface area (Å²) in [7, 11) is 0. The lowest BCUT2D eigenvalue weighted by Crippen LogP contribution is -2.33. The first-order valence-corrected chi connectivity index (χ1v) is 5.62. The Morgan fingerprint density at radius 1 is 1.27 bits per heavy atom. The number of nitrogens with two attached hydrogens (primary N) is 1. The number of nitrogens with one attached hydrogen (secondary N) is 1. The first-order chi connectivity index (χ1) is 6.95. The molecule has 1 amide bonds. The lowest BCUT2D eigenvalue weighted by molar-refractivity contribution is 0.0527. The summed E-state index contributed by atoms with van der Waals surface area (Å²) in [5, 5.41) is 2.66. The third-order valence-electron chi connectivity index (χ3n) is 1.30. The zero-order valence-corrected chi connectivity index (χ0v) is 10.7. The monoisotopic (exact) mass is 218 g/mol. The molecule has 0 aromatic heterocycles. The van der Waals surface area contributed by atoms with Crippen LogP contribution in [0.25, 0.3) is 0 Å². The van der Waals surface area contributed by atoms with E-state index in [4.69, 9.17) is 10.5 Å². The van der Waals surface area contributed by atoms with Crippen LogP contribution in [0.1, 0.15) is 47.5 Å². The van der Waals surface area contributed by atoms with Crippen molar-refractivity contribution >= 4 is 6.09 Å². The molecule has 4 heteroatoms. The second-order valence-corrected chi connectivity index (χ2v) is 3.92. The predicted octanol–water partition coefficient (Wildman–Crippen LogP) is 2.28. The number of amides is 1. The van der Waals surface area contributed by atoms with E-state index in [1.807, 2.05) is 34.6 Å². The smallest absolute Gasteiger partial charge is 0.407 e. The maximum atomic E-state index is 11.1. The quantitative estimate of drug-likeness (QED) is 0.711. The summed E-state index contributed by atoms with van der Waals surface area (Å²) in [6.07, 6.45) is 1.47. The lowest BCUT2D eigenvalue weighted by atomic mass is 10.2. The fourth-order valence-electron chi connectivity index (χ4n) is 0.774. The van der Waals surface area contributed by atoms with Gasteiger partial charge in [0.2, 0.25) is 0 Å². The number of unbranched alkanes of at least 4 members (excludes halogenated alkanes) is 1. The Labute approximate surface area is 93.6 Å². The summed E-state index contributed by atoms with van der Waals surface area (Å²) in [6, 6.07) is 0. The van der Waals surface area contributed by atoms with E-state index in [2.05, 4.69) is 5.32 Å². The first kappa shape index (κ1) is 16.7. The Kier molecular flexibility index (Phi) is 10.8. The highest BCUT2D eigenvalue weighted by Crippen LogP contribution is 2.06. The summed E-state index contributed by atoms with van der Waals surface area (Å²) >= 11 is 0.